The van der Waals surface area contributed by atoms with Gasteiger partial charge in [-0.1, -0.05) is 6.07 Å². The van der Waals surface area contributed by atoms with Gasteiger partial charge in [0.2, 0.25) is 0 Å². The summed E-state index contributed by atoms with van der Waals surface area (Å²) in [6.45, 7) is 0.535. The Labute approximate surface area is 186 Å². The zero-order chi connectivity index (χ0) is 23.2. The van der Waals surface area contributed by atoms with Crippen LogP contribution in [0.5, 0.6) is 0 Å². The van der Waals surface area contributed by atoms with Gasteiger partial charge >= 0.3 is 6.18 Å². The second-order valence-electron chi connectivity index (χ2n) is 8.28. The smallest absolute Gasteiger partial charge is 0.365 e. The lowest BCUT2D eigenvalue weighted by molar-refractivity contribution is -0.137. The van der Waals surface area contributed by atoms with E-state index in [9.17, 15) is 22.4 Å². The number of likely N-dealkylation sites (tertiary alicyclic amines) is 1. The van der Waals surface area contributed by atoms with Crippen molar-refractivity contribution in [2.24, 2.45) is 5.92 Å². The fraction of sp³-hybridized carbons (Fsp3) is 0.304. The van der Waals surface area contributed by atoms with Crippen molar-refractivity contribution >= 4 is 11.7 Å². The van der Waals surface area contributed by atoms with Gasteiger partial charge in [-0.25, -0.2) is 19.3 Å². The van der Waals surface area contributed by atoms with Gasteiger partial charge in [0.15, 0.2) is 5.82 Å². The topological polar surface area (TPSA) is 71.0 Å². The Balaban J connectivity index is 1.38. The van der Waals surface area contributed by atoms with Crippen LogP contribution in [0.2, 0.25) is 0 Å². The number of fused-ring (bicyclic) bond motifs is 2. The van der Waals surface area contributed by atoms with Crippen LogP contribution in [0.3, 0.4) is 0 Å². The summed E-state index contributed by atoms with van der Waals surface area (Å²) in [7, 11) is 0. The molecule has 170 valence electrons. The lowest BCUT2D eigenvalue weighted by Crippen LogP contribution is -2.48. The van der Waals surface area contributed by atoms with Crippen molar-refractivity contribution < 1.29 is 22.4 Å². The molecule has 0 unspecified atom stereocenters. The minimum absolute atomic E-state index is 0.0554. The third-order valence-corrected chi connectivity index (χ3v) is 6.20. The summed E-state index contributed by atoms with van der Waals surface area (Å²) >= 11 is 0. The number of alkyl halides is 3. The van der Waals surface area contributed by atoms with Crippen LogP contribution in [0.4, 0.5) is 23.4 Å². The van der Waals surface area contributed by atoms with Crippen LogP contribution in [0.15, 0.2) is 55.0 Å². The van der Waals surface area contributed by atoms with Crippen LogP contribution in [0, 0.1) is 11.7 Å². The number of amides is 1. The molecule has 2 aromatic heterocycles. The Morgan fingerprint density at radius 3 is 2.48 bits per heavy atom. The number of carbonyl (C=O) groups excluding carboxylic acids is 1. The molecule has 1 saturated carbocycles. The first-order valence-corrected chi connectivity index (χ1v) is 10.5. The van der Waals surface area contributed by atoms with Gasteiger partial charge in [-0.05, 0) is 49.1 Å². The van der Waals surface area contributed by atoms with Crippen molar-refractivity contribution in [3.05, 3.63) is 71.9 Å². The molecule has 5 rings (SSSR count). The Kier molecular flexibility index (Phi) is 5.22. The van der Waals surface area contributed by atoms with Crippen molar-refractivity contribution in [2.45, 2.75) is 31.1 Å². The van der Waals surface area contributed by atoms with E-state index in [1.807, 2.05) is 0 Å². The molecule has 1 saturated heterocycles. The lowest BCUT2D eigenvalue weighted by atomic mass is 10.0. The number of benzene rings is 1. The number of hydrogen-bond acceptors (Lipinski definition) is 5. The number of pyridine rings is 1. The molecule has 33 heavy (non-hydrogen) atoms. The molecule has 6 nitrogen and oxygen atoms in total. The van der Waals surface area contributed by atoms with E-state index in [0.717, 1.165) is 25.1 Å². The van der Waals surface area contributed by atoms with E-state index in [-0.39, 0.29) is 40.9 Å². The van der Waals surface area contributed by atoms with E-state index in [4.69, 9.17) is 0 Å². The Morgan fingerprint density at radius 1 is 1.03 bits per heavy atom. The van der Waals surface area contributed by atoms with Gasteiger partial charge in [0.1, 0.15) is 11.6 Å². The SMILES string of the molecule is O=C(c1cccc(F)c1-c1ncccn1)N1C[C@H]2C[C@@H](Nc3ccc(C(F)(F)F)cn3)[C@@H]1C2. The van der Waals surface area contributed by atoms with E-state index >= 15 is 0 Å². The molecule has 2 fully saturated rings. The van der Waals surface area contributed by atoms with Crippen LogP contribution in [0.25, 0.3) is 11.4 Å². The van der Waals surface area contributed by atoms with E-state index in [1.165, 1.54) is 30.6 Å². The van der Waals surface area contributed by atoms with Crippen LogP contribution >= 0.6 is 0 Å². The van der Waals surface area contributed by atoms with E-state index in [2.05, 4.69) is 20.3 Å². The predicted molar refractivity (Wildman–Crippen MR) is 112 cm³/mol. The van der Waals surface area contributed by atoms with Crippen LogP contribution in [-0.2, 0) is 6.18 Å². The molecule has 1 aromatic carbocycles. The Hall–Kier alpha value is -3.56. The minimum Gasteiger partial charge on any atom is -0.365 e. The number of nitrogens with zero attached hydrogens (tertiary/aromatic N) is 4. The highest BCUT2D eigenvalue weighted by Crippen LogP contribution is 2.41. The highest BCUT2D eigenvalue weighted by molar-refractivity contribution is 6.00. The molecule has 3 heterocycles. The lowest BCUT2D eigenvalue weighted by Gasteiger charge is -2.34. The second-order valence-corrected chi connectivity index (χ2v) is 8.28. The summed E-state index contributed by atoms with van der Waals surface area (Å²) in [4.78, 5) is 27.3. The zero-order valence-corrected chi connectivity index (χ0v) is 17.3. The quantitative estimate of drug-likeness (QED) is 0.588. The highest BCUT2D eigenvalue weighted by atomic mass is 19.4. The predicted octanol–water partition coefficient (Wildman–Crippen LogP) is 4.41. The molecular weight excluding hydrogens is 438 g/mol. The van der Waals surface area contributed by atoms with Crippen LogP contribution in [-0.4, -0.2) is 44.4 Å². The number of carbonyl (C=O) groups is 1. The van der Waals surface area contributed by atoms with E-state index in [0.29, 0.717) is 12.4 Å². The molecular formula is C23H19F4N5O. The molecule has 10 heteroatoms. The summed E-state index contributed by atoms with van der Waals surface area (Å²) in [5.41, 5.74) is -0.584. The van der Waals surface area contributed by atoms with Gasteiger partial charge in [0, 0.05) is 31.2 Å². The van der Waals surface area contributed by atoms with Crippen molar-refractivity contribution in [3.8, 4) is 11.4 Å². The molecule has 0 spiro atoms. The molecule has 2 aliphatic rings. The van der Waals surface area contributed by atoms with Gasteiger partial charge in [0.25, 0.3) is 5.91 Å². The number of rotatable bonds is 4. The fourth-order valence-electron chi connectivity index (χ4n) is 4.76. The summed E-state index contributed by atoms with van der Waals surface area (Å²) in [5.74, 6) is -0.212. The number of piperidine rings is 1. The molecule has 3 aromatic rings. The van der Waals surface area contributed by atoms with Crippen LogP contribution in [0.1, 0.15) is 28.8 Å². The van der Waals surface area contributed by atoms with Crippen molar-refractivity contribution in [3.63, 3.8) is 0 Å². The fourth-order valence-corrected chi connectivity index (χ4v) is 4.76. The Morgan fingerprint density at radius 2 is 1.82 bits per heavy atom. The van der Waals surface area contributed by atoms with E-state index < -0.39 is 17.6 Å². The monoisotopic (exact) mass is 457 g/mol. The van der Waals surface area contributed by atoms with Gasteiger partial charge in [-0.3, -0.25) is 4.79 Å². The molecule has 3 atom stereocenters. The van der Waals surface area contributed by atoms with Gasteiger partial charge in [-0.15, -0.1) is 0 Å². The maximum absolute atomic E-state index is 14.7. The first kappa shape index (κ1) is 21.3. The largest absolute Gasteiger partial charge is 0.417 e. The standard InChI is InChI=1S/C23H19F4N5O/c24-16-4-1-3-15(20(16)21-28-7-2-8-29-21)22(33)32-12-13-9-17(18(32)10-13)31-19-6-5-14(11-30-19)23(25,26)27/h1-8,11,13,17-18H,9-10,12H2,(H,30,31)/t13-,17+,18-/m0/s1. The van der Waals surface area contributed by atoms with Crippen molar-refractivity contribution in [2.75, 3.05) is 11.9 Å². The molecule has 2 bridgehead atoms. The number of aromatic nitrogens is 3. The first-order valence-electron chi connectivity index (χ1n) is 10.5. The maximum atomic E-state index is 14.7. The van der Waals surface area contributed by atoms with Crippen LogP contribution < -0.4 is 5.32 Å². The van der Waals surface area contributed by atoms with Crippen molar-refractivity contribution in [1.82, 2.24) is 19.9 Å². The van der Waals surface area contributed by atoms with Gasteiger partial charge in [-0.2, -0.15) is 13.2 Å². The summed E-state index contributed by atoms with van der Waals surface area (Å²) in [6, 6.07) is 7.83. The van der Waals surface area contributed by atoms with E-state index in [1.54, 1.807) is 17.0 Å². The normalized spacial score (nSPS) is 21.9. The molecule has 1 aliphatic carbocycles. The third-order valence-electron chi connectivity index (χ3n) is 6.20. The second kappa shape index (κ2) is 8.09. The Bertz CT molecular complexity index is 1170. The minimum atomic E-state index is -4.45. The molecule has 0 radical (unpaired) electrons. The van der Waals surface area contributed by atoms with Gasteiger partial charge in [0.05, 0.1) is 22.7 Å². The summed E-state index contributed by atoms with van der Waals surface area (Å²) < 4.78 is 53.1. The number of hydrogen-bond donors (Lipinski definition) is 1. The first-order chi connectivity index (χ1) is 15.8. The number of nitrogens with one attached hydrogen (secondary N) is 1. The molecule has 1 N–H and O–H groups in total. The summed E-state index contributed by atoms with van der Waals surface area (Å²) in [6.07, 6.45) is 0.838. The van der Waals surface area contributed by atoms with Gasteiger partial charge < -0.3 is 10.2 Å². The number of halogens is 4. The molecule has 1 aliphatic heterocycles. The zero-order valence-electron chi connectivity index (χ0n) is 17.3. The highest BCUT2D eigenvalue weighted by Gasteiger charge is 2.47. The maximum Gasteiger partial charge on any atom is 0.417 e. The average Bonchev–Trinajstić information content (AvgIpc) is 3.39. The average molecular weight is 457 g/mol. The third kappa shape index (κ3) is 4.01. The molecule has 1 amide bonds. The van der Waals surface area contributed by atoms with Crippen molar-refractivity contribution in [1.29, 1.82) is 0 Å². The summed E-state index contributed by atoms with van der Waals surface area (Å²) in [5, 5.41) is 3.17. The number of anilines is 1.